The summed E-state index contributed by atoms with van der Waals surface area (Å²) in [5.74, 6) is -0.810. The minimum absolute atomic E-state index is 0.0506. The molecule has 2 aromatic rings. The van der Waals surface area contributed by atoms with E-state index in [2.05, 4.69) is 16.0 Å². The standard InChI is InChI=1S/C20H23ClN4O3/c1-3-22-20(28)24-19(27)18(14-7-5-4-6-8-14)25(2)13-17(26)23-16-11-9-15(21)10-12-16/h4-12,18H,3,13H2,1-2H3,(H,23,26)(H2,22,24,27,28)/t18-/m0/s1. The molecule has 0 aliphatic heterocycles. The van der Waals surface area contributed by atoms with E-state index in [1.807, 2.05) is 6.07 Å². The Labute approximate surface area is 169 Å². The molecule has 0 aromatic heterocycles. The number of imide groups is 1. The number of nitrogens with one attached hydrogen (secondary N) is 3. The van der Waals surface area contributed by atoms with Gasteiger partial charge in [0.2, 0.25) is 11.8 Å². The van der Waals surface area contributed by atoms with Gasteiger partial charge in [-0.3, -0.25) is 19.8 Å². The highest BCUT2D eigenvalue weighted by atomic mass is 35.5. The monoisotopic (exact) mass is 402 g/mol. The first kappa shape index (κ1) is 21.4. The molecule has 0 spiro atoms. The van der Waals surface area contributed by atoms with Crippen LogP contribution < -0.4 is 16.0 Å². The van der Waals surface area contributed by atoms with Crippen molar-refractivity contribution in [2.45, 2.75) is 13.0 Å². The van der Waals surface area contributed by atoms with Crippen LogP contribution in [0.3, 0.4) is 0 Å². The van der Waals surface area contributed by atoms with Crippen LogP contribution in [0, 0.1) is 0 Å². The van der Waals surface area contributed by atoms with E-state index in [0.717, 1.165) is 0 Å². The van der Waals surface area contributed by atoms with Crippen molar-refractivity contribution in [3.8, 4) is 0 Å². The first-order valence-corrected chi connectivity index (χ1v) is 9.17. The third kappa shape index (κ3) is 6.37. The Morgan fingerprint density at radius 1 is 1.04 bits per heavy atom. The molecular formula is C20H23ClN4O3. The fourth-order valence-electron chi connectivity index (χ4n) is 2.68. The highest BCUT2D eigenvalue weighted by Gasteiger charge is 2.27. The summed E-state index contributed by atoms with van der Waals surface area (Å²) >= 11 is 5.84. The van der Waals surface area contributed by atoms with Crippen molar-refractivity contribution in [2.24, 2.45) is 0 Å². The number of amides is 4. The molecule has 0 aliphatic carbocycles. The summed E-state index contributed by atoms with van der Waals surface area (Å²) in [5, 5.41) is 8.16. The number of carbonyl (C=O) groups excluding carboxylic acids is 3. The number of carbonyl (C=O) groups is 3. The minimum Gasteiger partial charge on any atom is -0.338 e. The maximum atomic E-state index is 12.7. The molecule has 0 fully saturated rings. The van der Waals surface area contributed by atoms with Gasteiger partial charge in [-0.25, -0.2) is 4.79 Å². The van der Waals surface area contributed by atoms with Gasteiger partial charge < -0.3 is 10.6 Å². The molecule has 4 amide bonds. The van der Waals surface area contributed by atoms with Crippen LogP contribution in [0.15, 0.2) is 54.6 Å². The molecule has 7 nitrogen and oxygen atoms in total. The summed E-state index contributed by atoms with van der Waals surface area (Å²) in [7, 11) is 1.65. The minimum atomic E-state index is -0.806. The quantitative estimate of drug-likeness (QED) is 0.664. The van der Waals surface area contributed by atoms with Crippen molar-refractivity contribution >= 4 is 35.1 Å². The number of rotatable bonds is 7. The highest BCUT2D eigenvalue weighted by molar-refractivity contribution is 6.30. The summed E-state index contributed by atoms with van der Waals surface area (Å²) in [5.41, 5.74) is 1.27. The molecule has 28 heavy (non-hydrogen) atoms. The summed E-state index contributed by atoms with van der Waals surface area (Å²) in [4.78, 5) is 38.4. The first-order chi connectivity index (χ1) is 13.4. The van der Waals surface area contributed by atoms with E-state index in [1.54, 1.807) is 67.4 Å². The van der Waals surface area contributed by atoms with Gasteiger partial charge in [-0.15, -0.1) is 0 Å². The van der Waals surface area contributed by atoms with Crippen molar-refractivity contribution in [3.05, 3.63) is 65.2 Å². The second kappa shape index (κ2) is 10.4. The van der Waals surface area contributed by atoms with Gasteiger partial charge in [0.05, 0.1) is 6.54 Å². The lowest BCUT2D eigenvalue weighted by Gasteiger charge is -2.26. The maximum absolute atomic E-state index is 12.7. The third-order valence-corrected chi connectivity index (χ3v) is 4.15. The second-order valence-corrected chi connectivity index (χ2v) is 6.57. The SMILES string of the molecule is CCNC(=O)NC(=O)[C@H](c1ccccc1)N(C)CC(=O)Nc1ccc(Cl)cc1. The molecule has 0 saturated heterocycles. The average Bonchev–Trinajstić information content (AvgIpc) is 2.64. The molecule has 3 N–H and O–H groups in total. The number of anilines is 1. The molecule has 1 atom stereocenters. The predicted molar refractivity (Wildman–Crippen MR) is 109 cm³/mol. The molecule has 148 valence electrons. The van der Waals surface area contributed by atoms with Gasteiger partial charge in [0.1, 0.15) is 6.04 Å². The van der Waals surface area contributed by atoms with E-state index < -0.39 is 18.0 Å². The number of nitrogens with zero attached hydrogens (tertiary/aromatic N) is 1. The van der Waals surface area contributed by atoms with Crippen molar-refractivity contribution < 1.29 is 14.4 Å². The van der Waals surface area contributed by atoms with E-state index in [9.17, 15) is 14.4 Å². The Bertz CT molecular complexity index is 812. The van der Waals surface area contributed by atoms with Crippen molar-refractivity contribution in [3.63, 3.8) is 0 Å². The number of likely N-dealkylation sites (N-methyl/N-ethyl adjacent to an activating group) is 1. The van der Waals surface area contributed by atoms with Gasteiger partial charge in [0.25, 0.3) is 0 Å². The number of urea groups is 1. The topological polar surface area (TPSA) is 90.5 Å². The van der Waals surface area contributed by atoms with Gasteiger partial charge in [-0.2, -0.15) is 0 Å². The van der Waals surface area contributed by atoms with Gasteiger partial charge in [0.15, 0.2) is 0 Å². The second-order valence-electron chi connectivity index (χ2n) is 6.13. The molecule has 0 heterocycles. The molecule has 0 unspecified atom stereocenters. The van der Waals surface area contributed by atoms with Crippen molar-refractivity contribution in [2.75, 3.05) is 25.5 Å². The van der Waals surface area contributed by atoms with Crippen molar-refractivity contribution in [1.82, 2.24) is 15.5 Å². The number of benzene rings is 2. The van der Waals surface area contributed by atoms with Crippen molar-refractivity contribution in [1.29, 1.82) is 0 Å². The summed E-state index contributed by atoms with van der Waals surface area (Å²) in [6, 6.07) is 14.3. The Kier molecular flexibility index (Phi) is 7.98. The third-order valence-electron chi connectivity index (χ3n) is 3.90. The first-order valence-electron chi connectivity index (χ1n) is 8.80. The number of hydrogen-bond donors (Lipinski definition) is 3. The van der Waals surface area contributed by atoms with Crippen LogP contribution in [0.5, 0.6) is 0 Å². The molecule has 0 saturated carbocycles. The van der Waals surface area contributed by atoms with Gasteiger partial charge in [0, 0.05) is 17.3 Å². The largest absolute Gasteiger partial charge is 0.338 e. The van der Waals surface area contributed by atoms with Gasteiger partial charge >= 0.3 is 6.03 Å². The van der Waals surface area contributed by atoms with Gasteiger partial charge in [-0.1, -0.05) is 41.9 Å². The zero-order valence-electron chi connectivity index (χ0n) is 15.7. The van der Waals surface area contributed by atoms with Crippen LogP contribution in [0.1, 0.15) is 18.5 Å². The van der Waals surface area contributed by atoms with E-state index >= 15 is 0 Å². The van der Waals surface area contributed by atoms with E-state index in [-0.39, 0.29) is 12.5 Å². The summed E-state index contributed by atoms with van der Waals surface area (Å²) in [6.45, 7) is 2.10. The van der Waals surface area contributed by atoms with Crippen LogP contribution in [0.2, 0.25) is 5.02 Å². The van der Waals surface area contributed by atoms with Crippen LogP contribution >= 0.6 is 11.6 Å². The fourth-order valence-corrected chi connectivity index (χ4v) is 2.80. The molecule has 0 bridgehead atoms. The number of halogens is 1. The van der Waals surface area contributed by atoms with E-state index in [4.69, 9.17) is 11.6 Å². The zero-order valence-corrected chi connectivity index (χ0v) is 16.5. The van der Waals surface area contributed by atoms with Crippen LogP contribution in [0.25, 0.3) is 0 Å². The number of hydrogen-bond acceptors (Lipinski definition) is 4. The van der Waals surface area contributed by atoms with Crippen LogP contribution in [-0.2, 0) is 9.59 Å². The Balaban J connectivity index is 2.10. The Morgan fingerprint density at radius 3 is 2.29 bits per heavy atom. The molecule has 2 rings (SSSR count). The van der Waals surface area contributed by atoms with E-state index in [0.29, 0.717) is 22.8 Å². The molecule has 8 heteroatoms. The fraction of sp³-hybridized carbons (Fsp3) is 0.250. The van der Waals surface area contributed by atoms with Crippen LogP contribution in [0.4, 0.5) is 10.5 Å². The average molecular weight is 403 g/mol. The molecule has 2 aromatic carbocycles. The smallest absolute Gasteiger partial charge is 0.321 e. The molecular weight excluding hydrogens is 380 g/mol. The Morgan fingerprint density at radius 2 is 1.68 bits per heavy atom. The molecule has 0 aliphatic rings. The lowest BCUT2D eigenvalue weighted by Crippen LogP contribution is -2.46. The van der Waals surface area contributed by atoms with E-state index in [1.165, 1.54) is 0 Å². The molecule has 0 radical (unpaired) electrons. The Hall–Kier alpha value is -2.90. The van der Waals surface area contributed by atoms with Gasteiger partial charge in [-0.05, 0) is 43.8 Å². The predicted octanol–water partition coefficient (Wildman–Crippen LogP) is 2.80. The van der Waals surface area contributed by atoms with Crippen LogP contribution in [-0.4, -0.2) is 42.9 Å². The lowest BCUT2D eigenvalue weighted by atomic mass is 10.0. The highest BCUT2D eigenvalue weighted by Crippen LogP contribution is 2.20. The normalized spacial score (nSPS) is 11.6. The summed E-state index contributed by atoms with van der Waals surface area (Å²) < 4.78 is 0. The maximum Gasteiger partial charge on any atom is 0.321 e. The zero-order chi connectivity index (χ0) is 20.5. The summed E-state index contributed by atoms with van der Waals surface area (Å²) in [6.07, 6.45) is 0. The lowest BCUT2D eigenvalue weighted by molar-refractivity contribution is -0.126.